The summed E-state index contributed by atoms with van der Waals surface area (Å²) >= 11 is 0. The number of anilines is 2. The van der Waals surface area contributed by atoms with Crippen molar-refractivity contribution in [2.24, 2.45) is 0 Å². The molecule has 1 amide bonds. The number of rotatable bonds is 3. The van der Waals surface area contributed by atoms with Gasteiger partial charge in [0.1, 0.15) is 5.75 Å². The SMILES string of the molecule is COC(=O)c1cc(OC)c(N)cc1NC(C)=O. The van der Waals surface area contributed by atoms with Crippen LogP contribution in [0.1, 0.15) is 17.3 Å². The Morgan fingerprint density at radius 1 is 1.29 bits per heavy atom. The third-order valence-corrected chi connectivity index (χ3v) is 2.09. The molecular weight excluding hydrogens is 224 g/mol. The zero-order valence-electron chi connectivity index (χ0n) is 9.87. The second kappa shape index (κ2) is 5.20. The molecule has 0 saturated carbocycles. The summed E-state index contributed by atoms with van der Waals surface area (Å²) in [5.41, 5.74) is 6.50. The summed E-state index contributed by atoms with van der Waals surface area (Å²) in [6.45, 7) is 1.33. The standard InChI is InChI=1S/C11H14N2O4/c1-6(14)13-9-5-8(12)10(16-2)4-7(9)11(15)17-3/h4-5H,12H2,1-3H3,(H,13,14). The van der Waals surface area contributed by atoms with Crippen molar-refractivity contribution in [1.29, 1.82) is 0 Å². The van der Waals surface area contributed by atoms with Crippen LogP contribution in [0, 0.1) is 0 Å². The van der Waals surface area contributed by atoms with Gasteiger partial charge in [-0.1, -0.05) is 0 Å². The second-order valence-corrected chi connectivity index (χ2v) is 3.31. The van der Waals surface area contributed by atoms with Crippen molar-refractivity contribution in [1.82, 2.24) is 0 Å². The van der Waals surface area contributed by atoms with Crippen LogP contribution >= 0.6 is 0 Å². The molecular formula is C11H14N2O4. The van der Waals surface area contributed by atoms with Crippen molar-refractivity contribution in [3.05, 3.63) is 17.7 Å². The summed E-state index contributed by atoms with van der Waals surface area (Å²) < 4.78 is 9.61. The topological polar surface area (TPSA) is 90.7 Å². The zero-order chi connectivity index (χ0) is 13.0. The van der Waals surface area contributed by atoms with E-state index >= 15 is 0 Å². The maximum absolute atomic E-state index is 11.5. The molecule has 0 aliphatic rings. The molecule has 0 atom stereocenters. The van der Waals surface area contributed by atoms with Crippen LogP contribution < -0.4 is 15.8 Å². The maximum Gasteiger partial charge on any atom is 0.340 e. The molecule has 92 valence electrons. The van der Waals surface area contributed by atoms with Crippen LogP contribution in [-0.4, -0.2) is 26.1 Å². The first-order chi connectivity index (χ1) is 7.99. The molecule has 0 heterocycles. The Balaban J connectivity index is 3.30. The van der Waals surface area contributed by atoms with Gasteiger partial charge in [0.05, 0.1) is 31.2 Å². The lowest BCUT2D eigenvalue weighted by molar-refractivity contribution is -0.114. The molecule has 6 heteroatoms. The smallest absolute Gasteiger partial charge is 0.340 e. The monoisotopic (exact) mass is 238 g/mol. The van der Waals surface area contributed by atoms with Gasteiger partial charge in [0.2, 0.25) is 5.91 Å². The number of esters is 1. The fraction of sp³-hybridized carbons (Fsp3) is 0.273. The highest BCUT2D eigenvalue weighted by Gasteiger charge is 2.16. The minimum absolute atomic E-state index is 0.189. The molecule has 0 aliphatic heterocycles. The lowest BCUT2D eigenvalue weighted by atomic mass is 10.1. The Morgan fingerprint density at radius 2 is 1.94 bits per heavy atom. The van der Waals surface area contributed by atoms with Crippen LogP contribution in [-0.2, 0) is 9.53 Å². The number of benzene rings is 1. The molecule has 0 radical (unpaired) electrons. The van der Waals surface area contributed by atoms with Gasteiger partial charge < -0.3 is 20.5 Å². The normalized spacial score (nSPS) is 9.59. The van der Waals surface area contributed by atoms with Crippen LogP contribution in [0.4, 0.5) is 11.4 Å². The molecule has 0 unspecified atom stereocenters. The number of carbonyl (C=O) groups is 2. The Hall–Kier alpha value is -2.24. The fourth-order valence-electron chi connectivity index (χ4n) is 1.35. The molecule has 0 saturated heterocycles. The number of hydrogen-bond donors (Lipinski definition) is 2. The van der Waals surface area contributed by atoms with Gasteiger partial charge in [-0.05, 0) is 12.1 Å². The quantitative estimate of drug-likeness (QED) is 0.606. The summed E-state index contributed by atoms with van der Waals surface area (Å²) in [5, 5.41) is 2.51. The first-order valence-electron chi connectivity index (χ1n) is 4.83. The molecule has 1 rings (SSSR count). The molecule has 17 heavy (non-hydrogen) atoms. The van der Waals surface area contributed by atoms with Gasteiger partial charge in [-0.3, -0.25) is 4.79 Å². The number of carbonyl (C=O) groups excluding carboxylic acids is 2. The second-order valence-electron chi connectivity index (χ2n) is 3.31. The number of nitrogens with one attached hydrogen (secondary N) is 1. The van der Waals surface area contributed by atoms with E-state index in [0.29, 0.717) is 17.1 Å². The van der Waals surface area contributed by atoms with Gasteiger partial charge in [0, 0.05) is 6.92 Å². The summed E-state index contributed by atoms with van der Waals surface area (Å²) in [5.74, 6) is -0.536. The summed E-state index contributed by atoms with van der Waals surface area (Å²) in [6.07, 6.45) is 0. The van der Waals surface area contributed by atoms with E-state index in [4.69, 9.17) is 10.5 Å². The van der Waals surface area contributed by atoms with E-state index in [9.17, 15) is 9.59 Å². The number of nitrogen functional groups attached to an aromatic ring is 1. The first-order valence-corrected chi connectivity index (χ1v) is 4.83. The van der Waals surface area contributed by atoms with Crippen LogP contribution in [0.2, 0.25) is 0 Å². The summed E-state index contributed by atoms with van der Waals surface area (Å²) in [7, 11) is 2.69. The van der Waals surface area contributed by atoms with E-state index in [0.717, 1.165) is 0 Å². The van der Waals surface area contributed by atoms with Crippen LogP contribution in [0.5, 0.6) is 5.75 Å². The van der Waals surface area contributed by atoms with Crippen molar-refractivity contribution in [3.8, 4) is 5.75 Å². The average molecular weight is 238 g/mol. The Kier molecular flexibility index (Phi) is 3.92. The highest BCUT2D eigenvalue weighted by atomic mass is 16.5. The van der Waals surface area contributed by atoms with Crippen molar-refractivity contribution in [2.45, 2.75) is 6.92 Å². The Bertz CT molecular complexity index is 457. The van der Waals surface area contributed by atoms with Crippen molar-refractivity contribution in [3.63, 3.8) is 0 Å². The van der Waals surface area contributed by atoms with Crippen molar-refractivity contribution in [2.75, 3.05) is 25.3 Å². The van der Waals surface area contributed by atoms with Crippen LogP contribution in [0.3, 0.4) is 0 Å². The Morgan fingerprint density at radius 3 is 2.41 bits per heavy atom. The number of hydrogen-bond acceptors (Lipinski definition) is 5. The number of ether oxygens (including phenoxy) is 2. The molecule has 1 aromatic rings. The minimum atomic E-state index is -0.577. The zero-order valence-corrected chi connectivity index (χ0v) is 9.87. The molecule has 0 spiro atoms. The Labute approximate surface area is 98.7 Å². The average Bonchev–Trinajstić information content (AvgIpc) is 2.27. The van der Waals surface area contributed by atoms with E-state index in [1.807, 2.05) is 0 Å². The van der Waals surface area contributed by atoms with Crippen LogP contribution in [0.15, 0.2) is 12.1 Å². The maximum atomic E-state index is 11.5. The molecule has 0 bridgehead atoms. The minimum Gasteiger partial charge on any atom is -0.495 e. The van der Waals surface area contributed by atoms with Gasteiger partial charge in [-0.15, -0.1) is 0 Å². The lowest BCUT2D eigenvalue weighted by Gasteiger charge is -2.12. The van der Waals surface area contributed by atoms with Crippen LogP contribution in [0.25, 0.3) is 0 Å². The van der Waals surface area contributed by atoms with Crippen molar-refractivity contribution >= 4 is 23.3 Å². The molecule has 0 aliphatic carbocycles. The van der Waals surface area contributed by atoms with Gasteiger partial charge in [-0.2, -0.15) is 0 Å². The van der Waals surface area contributed by atoms with E-state index in [1.165, 1.54) is 33.3 Å². The van der Waals surface area contributed by atoms with E-state index in [2.05, 4.69) is 10.1 Å². The van der Waals surface area contributed by atoms with Gasteiger partial charge in [-0.25, -0.2) is 4.79 Å². The largest absolute Gasteiger partial charge is 0.495 e. The molecule has 0 aromatic heterocycles. The highest BCUT2D eigenvalue weighted by molar-refractivity contribution is 6.02. The fourth-order valence-corrected chi connectivity index (χ4v) is 1.35. The highest BCUT2D eigenvalue weighted by Crippen LogP contribution is 2.29. The lowest BCUT2D eigenvalue weighted by Crippen LogP contribution is -2.13. The number of methoxy groups -OCH3 is 2. The summed E-state index contributed by atoms with van der Waals surface area (Å²) in [6, 6.07) is 2.87. The molecule has 3 N–H and O–H groups in total. The first kappa shape index (κ1) is 12.8. The van der Waals surface area contributed by atoms with E-state index < -0.39 is 5.97 Å². The van der Waals surface area contributed by atoms with E-state index in [1.54, 1.807) is 0 Å². The molecule has 1 aromatic carbocycles. The van der Waals surface area contributed by atoms with E-state index in [-0.39, 0.29) is 11.5 Å². The number of nitrogens with two attached hydrogens (primary N) is 1. The summed E-state index contributed by atoms with van der Waals surface area (Å²) in [4.78, 5) is 22.5. The molecule has 0 fully saturated rings. The van der Waals surface area contributed by atoms with Gasteiger partial charge in [0.15, 0.2) is 0 Å². The number of amides is 1. The molecule has 6 nitrogen and oxygen atoms in total. The predicted octanol–water partition coefficient (Wildman–Crippen LogP) is 1.02. The third kappa shape index (κ3) is 2.87. The van der Waals surface area contributed by atoms with Crippen molar-refractivity contribution < 1.29 is 19.1 Å². The van der Waals surface area contributed by atoms with Gasteiger partial charge in [0.25, 0.3) is 0 Å². The van der Waals surface area contributed by atoms with Gasteiger partial charge >= 0.3 is 5.97 Å². The predicted molar refractivity (Wildman–Crippen MR) is 63.0 cm³/mol. The third-order valence-electron chi connectivity index (χ3n) is 2.09.